The zero-order valence-corrected chi connectivity index (χ0v) is 12.6. The van der Waals surface area contributed by atoms with Gasteiger partial charge in [-0.2, -0.15) is 0 Å². The quantitative estimate of drug-likeness (QED) is 0.814. The van der Waals surface area contributed by atoms with Crippen LogP contribution in [0, 0.1) is 0 Å². The number of hydrogen-bond donors (Lipinski definition) is 0. The smallest absolute Gasteiger partial charge is 0.292 e. The monoisotopic (exact) mass is 295 g/mol. The van der Waals surface area contributed by atoms with Crippen molar-refractivity contribution in [3.63, 3.8) is 0 Å². The van der Waals surface area contributed by atoms with Gasteiger partial charge in [-0.15, -0.1) is 0 Å². The van der Waals surface area contributed by atoms with Crippen molar-refractivity contribution in [1.29, 1.82) is 0 Å². The van der Waals surface area contributed by atoms with Crippen LogP contribution < -0.4 is 4.74 Å². The van der Waals surface area contributed by atoms with E-state index in [9.17, 15) is 4.79 Å². The number of nitrogens with zero attached hydrogens (tertiary/aromatic N) is 3. The van der Waals surface area contributed by atoms with Gasteiger partial charge in [-0.25, -0.2) is 0 Å². The van der Waals surface area contributed by atoms with Crippen LogP contribution in [0.15, 0.2) is 10.6 Å². The maximum atomic E-state index is 12.5. The number of methoxy groups -OCH3 is 1. The van der Waals surface area contributed by atoms with E-state index < -0.39 is 0 Å². The highest BCUT2D eigenvalue weighted by molar-refractivity contribution is 5.92. The number of morpholine rings is 1. The average Bonchev–Trinajstić information content (AvgIpc) is 3.12. The van der Waals surface area contributed by atoms with E-state index in [1.165, 1.54) is 13.2 Å². The molecule has 0 aliphatic carbocycles. The fraction of sp³-hybridized carbons (Fsp3) is 0.714. The predicted octanol–water partition coefficient (Wildman–Crippen LogP) is 0.617. The lowest BCUT2D eigenvalue weighted by atomic mass is 10.1. The van der Waals surface area contributed by atoms with Crippen molar-refractivity contribution in [2.45, 2.75) is 32.0 Å². The molecule has 21 heavy (non-hydrogen) atoms. The summed E-state index contributed by atoms with van der Waals surface area (Å²) in [5.74, 6) is 0.365. The number of ether oxygens (including phenoxy) is 2. The van der Waals surface area contributed by atoms with E-state index in [1.54, 1.807) is 4.90 Å². The van der Waals surface area contributed by atoms with E-state index in [4.69, 9.17) is 14.0 Å². The van der Waals surface area contributed by atoms with Crippen molar-refractivity contribution in [2.24, 2.45) is 0 Å². The molecule has 0 bridgehead atoms. The fourth-order valence-electron chi connectivity index (χ4n) is 3.13. The molecule has 2 unspecified atom stereocenters. The van der Waals surface area contributed by atoms with Gasteiger partial charge in [-0.05, 0) is 19.0 Å². The molecular weight excluding hydrogens is 274 g/mol. The summed E-state index contributed by atoms with van der Waals surface area (Å²) in [6.45, 7) is 7.23. The Bertz CT molecular complexity index is 516. The van der Waals surface area contributed by atoms with Gasteiger partial charge in [-0.1, -0.05) is 0 Å². The van der Waals surface area contributed by atoms with Crippen LogP contribution in [0.25, 0.3) is 0 Å². The number of carbonyl (C=O) groups is 1. The van der Waals surface area contributed by atoms with Crippen LogP contribution in [0.4, 0.5) is 0 Å². The van der Waals surface area contributed by atoms with Gasteiger partial charge < -0.3 is 18.9 Å². The van der Waals surface area contributed by atoms with Crippen LogP contribution in [0.2, 0.25) is 0 Å². The van der Waals surface area contributed by atoms with E-state index in [-0.39, 0.29) is 23.8 Å². The summed E-state index contributed by atoms with van der Waals surface area (Å²) < 4.78 is 15.8. The van der Waals surface area contributed by atoms with Crippen LogP contribution in [0.1, 0.15) is 24.4 Å². The van der Waals surface area contributed by atoms with Gasteiger partial charge in [0, 0.05) is 25.7 Å². The number of likely N-dealkylation sites (tertiary alicyclic amines) is 1. The molecule has 0 aromatic carbocycles. The molecule has 2 aliphatic rings. The second-order valence-corrected chi connectivity index (χ2v) is 5.75. The number of amides is 1. The number of fused-ring (bicyclic) bond motifs is 1. The van der Waals surface area contributed by atoms with E-state index >= 15 is 0 Å². The molecule has 1 aromatic rings. The molecule has 2 aliphatic heterocycles. The summed E-state index contributed by atoms with van der Waals surface area (Å²) in [7, 11) is 1.49. The Kier molecular flexibility index (Phi) is 3.86. The molecule has 0 spiro atoms. The Morgan fingerprint density at radius 3 is 2.95 bits per heavy atom. The molecule has 7 heteroatoms. The third kappa shape index (κ3) is 2.63. The first-order chi connectivity index (χ1) is 10.1. The largest absolute Gasteiger partial charge is 0.479 e. The SMILES string of the molecule is COc1cc(C(=O)N2CC3OCCN(C(C)C)C3C2)on1. The van der Waals surface area contributed by atoms with Crippen LogP contribution in [-0.2, 0) is 4.74 Å². The average molecular weight is 295 g/mol. The standard InChI is InChI=1S/C14H21N3O4/c1-9(2)17-4-5-20-12-8-16(7-10(12)17)14(18)11-6-13(19-3)15-21-11/h6,9-10,12H,4-5,7-8H2,1-3H3. The molecule has 0 radical (unpaired) electrons. The number of hydrogen-bond acceptors (Lipinski definition) is 6. The van der Waals surface area contributed by atoms with Gasteiger partial charge in [0.05, 0.1) is 31.9 Å². The molecule has 3 heterocycles. The van der Waals surface area contributed by atoms with Gasteiger partial charge in [0.2, 0.25) is 5.76 Å². The lowest BCUT2D eigenvalue weighted by Gasteiger charge is -2.39. The Hall–Kier alpha value is -1.60. The molecule has 1 aromatic heterocycles. The van der Waals surface area contributed by atoms with Crippen molar-refractivity contribution in [1.82, 2.24) is 15.0 Å². The molecule has 0 N–H and O–H groups in total. The summed E-state index contributed by atoms with van der Waals surface area (Å²) in [6, 6.07) is 2.22. The second-order valence-electron chi connectivity index (χ2n) is 5.75. The maximum Gasteiger partial charge on any atom is 0.292 e. The molecule has 2 atom stereocenters. The Morgan fingerprint density at radius 1 is 1.48 bits per heavy atom. The molecule has 2 saturated heterocycles. The van der Waals surface area contributed by atoms with Crippen molar-refractivity contribution in [2.75, 3.05) is 33.4 Å². The highest BCUT2D eigenvalue weighted by atomic mass is 16.5. The Labute approximate surface area is 123 Å². The van der Waals surface area contributed by atoms with E-state index in [0.29, 0.717) is 25.0 Å². The van der Waals surface area contributed by atoms with Gasteiger partial charge in [0.15, 0.2) is 0 Å². The van der Waals surface area contributed by atoms with Gasteiger partial charge >= 0.3 is 0 Å². The summed E-state index contributed by atoms with van der Waals surface area (Å²) in [5, 5.41) is 3.67. The van der Waals surface area contributed by atoms with Crippen molar-refractivity contribution in [3.05, 3.63) is 11.8 Å². The maximum absolute atomic E-state index is 12.5. The van der Waals surface area contributed by atoms with Crippen LogP contribution in [0.5, 0.6) is 5.88 Å². The molecule has 2 fully saturated rings. The molecule has 0 saturated carbocycles. The molecule has 7 nitrogen and oxygen atoms in total. The lowest BCUT2D eigenvalue weighted by Crippen LogP contribution is -2.53. The number of aromatic nitrogens is 1. The minimum Gasteiger partial charge on any atom is -0.479 e. The predicted molar refractivity (Wildman–Crippen MR) is 74.3 cm³/mol. The Balaban J connectivity index is 1.72. The topological polar surface area (TPSA) is 68.0 Å². The fourth-order valence-corrected chi connectivity index (χ4v) is 3.13. The zero-order valence-electron chi connectivity index (χ0n) is 12.6. The third-order valence-electron chi connectivity index (χ3n) is 4.20. The highest BCUT2D eigenvalue weighted by Crippen LogP contribution is 2.26. The minimum absolute atomic E-state index is 0.0786. The highest BCUT2D eigenvalue weighted by Gasteiger charge is 2.43. The number of carbonyl (C=O) groups excluding carboxylic acids is 1. The zero-order chi connectivity index (χ0) is 15.0. The van der Waals surface area contributed by atoms with Crippen molar-refractivity contribution < 1.29 is 18.8 Å². The normalized spacial score (nSPS) is 26.2. The summed E-state index contributed by atoms with van der Waals surface area (Å²) in [4.78, 5) is 16.6. The number of rotatable bonds is 3. The van der Waals surface area contributed by atoms with Crippen LogP contribution in [0.3, 0.4) is 0 Å². The Morgan fingerprint density at radius 2 is 2.29 bits per heavy atom. The van der Waals surface area contributed by atoms with Crippen molar-refractivity contribution in [3.8, 4) is 5.88 Å². The summed E-state index contributed by atoms with van der Waals surface area (Å²) in [5.41, 5.74) is 0. The first kappa shape index (κ1) is 14.3. The van der Waals surface area contributed by atoms with Crippen LogP contribution >= 0.6 is 0 Å². The van der Waals surface area contributed by atoms with Gasteiger partial charge in [0.25, 0.3) is 11.8 Å². The first-order valence-corrected chi connectivity index (χ1v) is 7.27. The van der Waals surface area contributed by atoms with Gasteiger partial charge in [0.1, 0.15) is 0 Å². The van der Waals surface area contributed by atoms with E-state index in [1.807, 2.05) is 0 Å². The van der Waals surface area contributed by atoms with Gasteiger partial charge in [-0.3, -0.25) is 9.69 Å². The third-order valence-corrected chi connectivity index (χ3v) is 4.20. The van der Waals surface area contributed by atoms with E-state index in [2.05, 4.69) is 23.9 Å². The molecular formula is C14H21N3O4. The van der Waals surface area contributed by atoms with Crippen molar-refractivity contribution >= 4 is 5.91 Å². The minimum atomic E-state index is -0.160. The molecule has 3 rings (SSSR count). The molecule has 1 amide bonds. The first-order valence-electron chi connectivity index (χ1n) is 7.27. The van der Waals surface area contributed by atoms with E-state index in [0.717, 1.165) is 13.2 Å². The second kappa shape index (κ2) is 5.65. The van der Waals surface area contributed by atoms with Crippen LogP contribution in [-0.4, -0.2) is 72.4 Å². The summed E-state index contributed by atoms with van der Waals surface area (Å²) >= 11 is 0. The molecule has 116 valence electrons. The lowest BCUT2D eigenvalue weighted by molar-refractivity contribution is -0.0582. The summed E-state index contributed by atoms with van der Waals surface area (Å²) in [6.07, 6.45) is 0.0786.